The van der Waals surface area contributed by atoms with Crippen LogP contribution in [0.15, 0.2) is 48.0 Å². The van der Waals surface area contributed by atoms with Crippen LogP contribution in [-0.2, 0) is 11.2 Å². The number of carbonyl (C=O) groups is 2. The molecule has 2 amide bonds. The van der Waals surface area contributed by atoms with Gasteiger partial charge in [-0.2, -0.15) is 0 Å². The van der Waals surface area contributed by atoms with Crippen molar-refractivity contribution in [2.75, 3.05) is 25.1 Å². The van der Waals surface area contributed by atoms with Crippen LogP contribution >= 0.6 is 22.9 Å². The van der Waals surface area contributed by atoms with Gasteiger partial charge in [0.15, 0.2) is 0 Å². The molecule has 12 heteroatoms. The van der Waals surface area contributed by atoms with E-state index in [1.807, 2.05) is 23.1 Å². The zero-order chi connectivity index (χ0) is 24.9. The summed E-state index contributed by atoms with van der Waals surface area (Å²) in [5.41, 5.74) is 3.41. The van der Waals surface area contributed by atoms with E-state index < -0.39 is 10.8 Å². The van der Waals surface area contributed by atoms with E-state index in [1.165, 1.54) is 41.7 Å². The zero-order valence-electron chi connectivity index (χ0n) is 18.9. The van der Waals surface area contributed by atoms with Gasteiger partial charge in [-0.25, -0.2) is 9.97 Å². The summed E-state index contributed by atoms with van der Waals surface area (Å²) < 4.78 is 0. The minimum atomic E-state index is -0.558. The Bertz CT molecular complexity index is 1240. The Hall–Kier alpha value is -3.57. The van der Waals surface area contributed by atoms with E-state index in [0.29, 0.717) is 18.1 Å². The van der Waals surface area contributed by atoms with Gasteiger partial charge < -0.3 is 4.90 Å². The molecule has 1 aliphatic rings. The smallest absolute Gasteiger partial charge is 0.313 e. The molecule has 3 heterocycles. The lowest BCUT2D eigenvalue weighted by Crippen LogP contribution is -2.40. The SMILES string of the molecule is CN(NC(=O)c1csc(C2CCN(C(=O)Cc3ccccc3Cl)CC2)n1)c1ncccc1[N+](=O)[O-]. The number of hydrogen-bond donors (Lipinski definition) is 1. The third kappa shape index (κ3) is 5.75. The Morgan fingerprint density at radius 2 is 2.00 bits per heavy atom. The van der Waals surface area contributed by atoms with Crippen molar-refractivity contribution in [3.63, 3.8) is 0 Å². The van der Waals surface area contributed by atoms with Crippen molar-refractivity contribution >= 4 is 46.3 Å². The molecule has 1 fully saturated rings. The van der Waals surface area contributed by atoms with Crippen LogP contribution in [0.5, 0.6) is 0 Å². The van der Waals surface area contributed by atoms with Crippen molar-refractivity contribution in [1.82, 2.24) is 20.3 Å². The fourth-order valence-electron chi connectivity index (χ4n) is 3.92. The Kier molecular flexibility index (Phi) is 7.57. The van der Waals surface area contributed by atoms with Gasteiger partial charge in [-0.1, -0.05) is 29.8 Å². The predicted octanol–water partition coefficient (Wildman–Crippen LogP) is 3.83. The largest absolute Gasteiger partial charge is 0.342 e. The third-order valence-electron chi connectivity index (χ3n) is 5.80. The van der Waals surface area contributed by atoms with Gasteiger partial charge in [-0.15, -0.1) is 11.3 Å². The molecule has 0 spiro atoms. The van der Waals surface area contributed by atoms with E-state index in [1.54, 1.807) is 11.4 Å². The number of pyridine rings is 1. The summed E-state index contributed by atoms with van der Waals surface area (Å²) in [5.74, 6) is -0.264. The molecule has 0 saturated carbocycles. The molecule has 0 unspecified atom stereocenters. The first kappa shape index (κ1) is 24.6. The van der Waals surface area contributed by atoms with Crippen LogP contribution in [0, 0.1) is 10.1 Å². The Morgan fingerprint density at radius 1 is 1.26 bits per heavy atom. The first-order valence-corrected chi connectivity index (χ1v) is 12.2. The number of carbonyl (C=O) groups excluding carboxylic acids is 2. The number of hydrogen-bond acceptors (Lipinski definition) is 8. The maximum Gasteiger partial charge on any atom is 0.313 e. The lowest BCUT2D eigenvalue weighted by Gasteiger charge is -2.31. The molecule has 1 saturated heterocycles. The first-order valence-electron chi connectivity index (χ1n) is 10.9. The minimum Gasteiger partial charge on any atom is -0.342 e. The van der Waals surface area contributed by atoms with E-state index in [0.717, 1.165) is 23.4 Å². The molecule has 0 radical (unpaired) electrons. The molecule has 0 aliphatic carbocycles. The van der Waals surface area contributed by atoms with Crippen LogP contribution in [-0.4, -0.2) is 51.7 Å². The lowest BCUT2D eigenvalue weighted by atomic mass is 9.97. The van der Waals surface area contributed by atoms with Crippen molar-refractivity contribution in [1.29, 1.82) is 0 Å². The van der Waals surface area contributed by atoms with E-state index >= 15 is 0 Å². The van der Waals surface area contributed by atoms with Gasteiger partial charge in [0, 0.05) is 48.7 Å². The van der Waals surface area contributed by atoms with Gasteiger partial charge >= 0.3 is 5.69 Å². The average Bonchev–Trinajstić information content (AvgIpc) is 3.36. The maximum absolute atomic E-state index is 12.7. The van der Waals surface area contributed by atoms with Gasteiger partial charge in [0.2, 0.25) is 11.7 Å². The Labute approximate surface area is 210 Å². The summed E-state index contributed by atoms with van der Waals surface area (Å²) >= 11 is 7.57. The van der Waals surface area contributed by atoms with Crippen LogP contribution < -0.4 is 10.4 Å². The summed E-state index contributed by atoms with van der Waals surface area (Å²) in [6.45, 7) is 1.22. The van der Waals surface area contributed by atoms with E-state index in [9.17, 15) is 19.7 Å². The lowest BCUT2D eigenvalue weighted by molar-refractivity contribution is -0.384. The van der Waals surface area contributed by atoms with Crippen molar-refractivity contribution in [3.8, 4) is 0 Å². The summed E-state index contributed by atoms with van der Waals surface area (Å²) in [7, 11) is 1.48. The molecule has 0 bridgehead atoms. The average molecular weight is 515 g/mol. The molecule has 10 nitrogen and oxygen atoms in total. The molecule has 2 aromatic heterocycles. The molecule has 1 aromatic carbocycles. The number of amides is 2. The Balaban J connectivity index is 1.33. The molecule has 4 rings (SSSR count). The first-order chi connectivity index (χ1) is 16.8. The number of hydrazine groups is 1. The number of aromatic nitrogens is 2. The van der Waals surface area contributed by atoms with Crippen molar-refractivity contribution in [2.45, 2.75) is 25.2 Å². The van der Waals surface area contributed by atoms with Gasteiger partial charge in [0.05, 0.1) is 16.4 Å². The second-order valence-electron chi connectivity index (χ2n) is 8.10. The summed E-state index contributed by atoms with van der Waals surface area (Å²) in [5, 5.41) is 15.5. The fraction of sp³-hybridized carbons (Fsp3) is 0.304. The number of piperidine rings is 1. The number of rotatable bonds is 7. The van der Waals surface area contributed by atoms with E-state index in [4.69, 9.17) is 11.6 Å². The van der Waals surface area contributed by atoms with Crippen LogP contribution in [0.25, 0.3) is 0 Å². The second-order valence-corrected chi connectivity index (χ2v) is 9.39. The molecule has 0 atom stereocenters. The second kappa shape index (κ2) is 10.8. The highest BCUT2D eigenvalue weighted by atomic mass is 35.5. The number of halogens is 1. The van der Waals surface area contributed by atoms with Crippen molar-refractivity contribution in [2.24, 2.45) is 0 Å². The number of benzene rings is 1. The third-order valence-corrected chi connectivity index (χ3v) is 7.18. The van der Waals surface area contributed by atoms with Crippen LogP contribution in [0.1, 0.15) is 39.8 Å². The molecule has 1 aliphatic heterocycles. The van der Waals surface area contributed by atoms with Crippen LogP contribution in [0.3, 0.4) is 0 Å². The van der Waals surface area contributed by atoms with E-state index in [2.05, 4.69) is 15.4 Å². The highest BCUT2D eigenvalue weighted by Gasteiger charge is 2.27. The molecule has 35 heavy (non-hydrogen) atoms. The van der Waals surface area contributed by atoms with Gasteiger partial charge in [0.1, 0.15) is 5.69 Å². The molecule has 3 aromatic rings. The topological polar surface area (TPSA) is 122 Å². The quantitative estimate of drug-likeness (QED) is 0.375. The normalized spacial score (nSPS) is 13.9. The van der Waals surface area contributed by atoms with Gasteiger partial charge in [-0.05, 0) is 30.5 Å². The van der Waals surface area contributed by atoms with Gasteiger partial charge in [-0.3, -0.25) is 30.1 Å². The molecule has 182 valence electrons. The van der Waals surface area contributed by atoms with Crippen LogP contribution in [0.2, 0.25) is 5.02 Å². The maximum atomic E-state index is 12.7. The molecular formula is C23H23ClN6O4S. The number of thiazole rings is 1. The predicted molar refractivity (Wildman–Crippen MR) is 133 cm³/mol. The molecule has 1 N–H and O–H groups in total. The summed E-state index contributed by atoms with van der Waals surface area (Å²) in [4.78, 5) is 46.4. The minimum absolute atomic E-state index is 0.0233. The van der Waals surface area contributed by atoms with Crippen molar-refractivity contribution < 1.29 is 14.5 Å². The standard InChI is InChI=1S/C23H23ClN6O4S/c1-28(21-19(30(33)34)7-4-10-25-21)27-22(32)18-14-35-23(26-18)15-8-11-29(12-9-15)20(31)13-16-5-2-3-6-17(16)24/h2-7,10,14-15H,8-9,11-13H2,1H3,(H,27,32). The summed E-state index contributed by atoms with van der Waals surface area (Å²) in [6, 6.07) is 10.1. The highest BCUT2D eigenvalue weighted by Crippen LogP contribution is 2.31. The monoisotopic (exact) mass is 514 g/mol. The fourth-order valence-corrected chi connectivity index (χ4v) is 5.10. The zero-order valence-corrected chi connectivity index (χ0v) is 20.5. The highest BCUT2D eigenvalue weighted by molar-refractivity contribution is 7.09. The Morgan fingerprint density at radius 3 is 2.71 bits per heavy atom. The number of likely N-dealkylation sites (tertiary alicyclic amines) is 1. The number of nitrogens with zero attached hydrogens (tertiary/aromatic N) is 5. The van der Waals surface area contributed by atoms with Crippen molar-refractivity contribution in [3.05, 3.63) is 79.4 Å². The number of anilines is 1. The number of nitrogens with one attached hydrogen (secondary N) is 1. The summed E-state index contributed by atoms with van der Waals surface area (Å²) in [6.07, 6.45) is 3.19. The van der Waals surface area contributed by atoms with Gasteiger partial charge in [0.25, 0.3) is 5.91 Å². The van der Waals surface area contributed by atoms with Crippen LogP contribution in [0.4, 0.5) is 11.5 Å². The van der Waals surface area contributed by atoms with E-state index in [-0.39, 0.29) is 35.4 Å². The number of nitro groups is 1. The molecular weight excluding hydrogens is 492 g/mol.